The van der Waals surface area contributed by atoms with Gasteiger partial charge in [-0.05, 0) is 54.8 Å². The summed E-state index contributed by atoms with van der Waals surface area (Å²) in [7, 11) is -4.02. The number of sulfonamides is 1. The van der Waals surface area contributed by atoms with Gasteiger partial charge >= 0.3 is 0 Å². The van der Waals surface area contributed by atoms with E-state index in [9.17, 15) is 17.6 Å². The van der Waals surface area contributed by atoms with E-state index in [0.29, 0.717) is 29.7 Å². The van der Waals surface area contributed by atoms with E-state index in [2.05, 4.69) is 10.3 Å². The molecule has 1 fully saturated rings. The second-order valence-corrected chi connectivity index (χ2v) is 9.45. The second kappa shape index (κ2) is 11.7. The Morgan fingerprint density at radius 1 is 1.06 bits per heavy atom. The fourth-order valence-corrected chi connectivity index (χ4v) is 5.70. The van der Waals surface area contributed by atoms with E-state index in [4.69, 9.17) is 5.73 Å². The van der Waals surface area contributed by atoms with Crippen LogP contribution in [-0.4, -0.2) is 36.2 Å². The van der Waals surface area contributed by atoms with Gasteiger partial charge in [0.25, 0.3) is 5.91 Å². The number of carbonyl (C=O) groups excluding carboxylic acids is 1. The third-order valence-electron chi connectivity index (χ3n) is 5.58. The van der Waals surface area contributed by atoms with Gasteiger partial charge in [0.15, 0.2) is 0 Å². The number of anilines is 1. The van der Waals surface area contributed by atoms with Crippen molar-refractivity contribution in [3.63, 3.8) is 0 Å². The molecule has 2 heterocycles. The van der Waals surface area contributed by atoms with Crippen molar-refractivity contribution in [3.05, 3.63) is 90.0 Å². The lowest BCUT2D eigenvalue weighted by Gasteiger charge is -2.29. The third kappa shape index (κ3) is 5.73. The number of nitrogens with zero attached hydrogens (tertiary/aromatic N) is 2. The van der Waals surface area contributed by atoms with Crippen LogP contribution in [0.1, 0.15) is 34.8 Å². The Kier molecular flexibility index (Phi) is 9.54. The van der Waals surface area contributed by atoms with E-state index in [1.165, 1.54) is 22.5 Å². The summed E-state index contributed by atoms with van der Waals surface area (Å²) >= 11 is 0. The molecular weight excluding hydrogens is 502 g/mol. The van der Waals surface area contributed by atoms with Gasteiger partial charge in [-0.2, -0.15) is 4.31 Å². The normalized spacial score (nSPS) is 16.7. The van der Waals surface area contributed by atoms with Crippen LogP contribution in [0.5, 0.6) is 0 Å². The van der Waals surface area contributed by atoms with E-state index in [1.54, 1.807) is 48.8 Å². The molecule has 0 radical (unpaired) electrons. The number of aromatic nitrogens is 1. The maximum Gasteiger partial charge on any atom is 0.255 e. The summed E-state index contributed by atoms with van der Waals surface area (Å²) < 4.78 is 41.7. The number of hydrogen-bond donors (Lipinski definition) is 2. The molecule has 4 rings (SSSR count). The van der Waals surface area contributed by atoms with E-state index in [1.807, 2.05) is 0 Å². The number of halogens is 3. The van der Waals surface area contributed by atoms with E-state index in [0.717, 1.165) is 6.07 Å². The van der Waals surface area contributed by atoms with Crippen LogP contribution in [-0.2, 0) is 10.0 Å². The number of hydrogen-bond acceptors (Lipinski definition) is 5. The highest BCUT2D eigenvalue weighted by atomic mass is 35.5. The minimum atomic E-state index is -4.02. The van der Waals surface area contributed by atoms with Crippen molar-refractivity contribution in [3.8, 4) is 0 Å². The molecule has 0 saturated carbocycles. The smallest absolute Gasteiger partial charge is 0.255 e. The number of nitrogens with two attached hydrogens (primary N) is 1. The Balaban J connectivity index is 0.00000204. The Morgan fingerprint density at radius 2 is 1.71 bits per heavy atom. The van der Waals surface area contributed by atoms with Crippen LogP contribution < -0.4 is 11.1 Å². The first kappa shape index (κ1) is 27.7. The molecule has 3 aromatic rings. The highest BCUT2D eigenvalue weighted by Crippen LogP contribution is 2.33. The molecule has 2 unspecified atom stereocenters. The molecule has 1 amide bonds. The zero-order valence-electron chi connectivity index (χ0n) is 18.0. The number of pyridine rings is 1. The molecule has 1 aromatic heterocycles. The molecule has 0 spiro atoms. The van der Waals surface area contributed by atoms with E-state index in [-0.39, 0.29) is 42.2 Å². The molecule has 2 atom stereocenters. The van der Waals surface area contributed by atoms with Crippen molar-refractivity contribution >= 4 is 46.4 Å². The number of benzene rings is 2. The van der Waals surface area contributed by atoms with Crippen LogP contribution in [0.15, 0.2) is 78.0 Å². The van der Waals surface area contributed by atoms with Crippen LogP contribution in [0.25, 0.3) is 0 Å². The van der Waals surface area contributed by atoms with Gasteiger partial charge in [-0.25, -0.2) is 12.8 Å². The lowest BCUT2D eigenvalue weighted by atomic mass is 9.98. The van der Waals surface area contributed by atoms with Crippen LogP contribution in [0.3, 0.4) is 0 Å². The maximum atomic E-state index is 14.2. The summed E-state index contributed by atoms with van der Waals surface area (Å²) in [5, 5.41) is 2.78. The van der Waals surface area contributed by atoms with Gasteiger partial charge in [-0.1, -0.05) is 24.3 Å². The molecule has 7 nitrogen and oxygen atoms in total. The van der Waals surface area contributed by atoms with Gasteiger partial charge in [-0.3, -0.25) is 9.78 Å². The minimum absolute atomic E-state index is 0. The van der Waals surface area contributed by atoms with E-state index < -0.39 is 27.9 Å². The molecule has 0 bridgehead atoms. The first-order valence-electron chi connectivity index (χ1n) is 10.2. The first-order chi connectivity index (χ1) is 15.4. The van der Waals surface area contributed by atoms with Crippen LogP contribution in [0.2, 0.25) is 0 Å². The molecule has 11 heteroatoms. The zero-order chi connectivity index (χ0) is 22.7. The van der Waals surface area contributed by atoms with Crippen molar-refractivity contribution in [2.75, 3.05) is 11.9 Å². The van der Waals surface area contributed by atoms with Gasteiger partial charge in [-0.15, -0.1) is 24.8 Å². The van der Waals surface area contributed by atoms with Crippen molar-refractivity contribution in [2.45, 2.75) is 29.8 Å². The largest absolute Gasteiger partial charge is 0.323 e. The summed E-state index contributed by atoms with van der Waals surface area (Å²) in [6.45, 7) is 0.279. The summed E-state index contributed by atoms with van der Waals surface area (Å²) in [5.74, 6) is -1.06. The van der Waals surface area contributed by atoms with Crippen LogP contribution >= 0.6 is 24.8 Å². The standard InChI is InChI=1S/C23H23FN4O3S.2ClH/c24-19-4-1-2-6-21(19)32(30,31)28-15-3-5-20(28)22(25)16-7-9-17(10-8-16)23(29)27-18-11-13-26-14-12-18;;/h1-2,4,6-14,20,22H,3,5,15,25H2,(H,26,27,29);2*1H. The van der Waals surface area contributed by atoms with Crippen LogP contribution in [0, 0.1) is 5.82 Å². The third-order valence-corrected chi connectivity index (χ3v) is 7.54. The second-order valence-electron chi connectivity index (χ2n) is 7.59. The lowest BCUT2D eigenvalue weighted by molar-refractivity contribution is 0.102. The summed E-state index contributed by atoms with van der Waals surface area (Å²) in [5.41, 5.74) is 8.22. The van der Waals surface area contributed by atoms with Crippen molar-refractivity contribution in [2.24, 2.45) is 5.73 Å². The summed E-state index contributed by atoms with van der Waals surface area (Å²) in [6.07, 6.45) is 4.37. The number of nitrogens with one attached hydrogen (secondary N) is 1. The molecule has 1 aliphatic rings. The average molecular weight is 527 g/mol. The lowest BCUT2D eigenvalue weighted by Crippen LogP contribution is -2.42. The van der Waals surface area contributed by atoms with Crippen molar-refractivity contribution < 1.29 is 17.6 Å². The van der Waals surface area contributed by atoms with Crippen molar-refractivity contribution in [1.82, 2.24) is 9.29 Å². The predicted molar refractivity (Wildman–Crippen MR) is 133 cm³/mol. The Bertz CT molecular complexity index is 1210. The maximum absolute atomic E-state index is 14.2. The highest BCUT2D eigenvalue weighted by Gasteiger charge is 2.39. The summed E-state index contributed by atoms with van der Waals surface area (Å²) in [4.78, 5) is 16.0. The molecule has 3 N–H and O–H groups in total. The van der Waals surface area contributed by atoms with Crippen molar-refractivity contribution in [1.29, 1.82) is 0 Å². The van der Waals surface area contributed by atoms with Crippen LogP contribution in [0.4, 0.5) is 10.1 Å². The molecular formula is C23H25Cl2FN4O3S. The molecule has 0 aliphatic carbocycles. The van der Waals surface area contributed by atoms with Gasteiger partial charge in [0.1, 0.15) is 10.7 Å². The fourth-order valence-electron chi connectivity index (χ4n) is 3.92. The number of carbonyl (C=O) groups is 1. The predicted octanol–water partition coefficient (Wildman–Crippen LogP) is 4.17. The Labute approximate surface area is 210 Å². The number of rotatable bonds is 6. The fraction of sp³-hybridized carbons (Fsp3) is 0.217. The van der Waals surface area contributed by atoms with Gasteiger partial charge in [0.05, 0.1) is 0 Å². The van der Waals surface area contributed by atoms with Gasteiger partial charge in [0, 0.05) is 42.3 Å². The highest BCUT2D eigenvalue weighted by molar-refractivity contribution is 7.89. The van der Waals surface area contributed by atoms with Gasteiger partial charge in [0.2, 0.25) is 10.0 Å². The summed E-state index contributed by atoms with van der Waals surface area (Å²) in [6, 6.07) is 14.3. The topological polar surface area (TPSA) is 105 Å². The molecule has 34 heavy (non-hydrogen) atoms. The Morgan fingerprint density at radius 3 is 2.35 bits per heavy atom. The molecule has 1 saturated heterocycles. The monoisotopic (exact) mass is 526 g/mol. The quantitative estimate of drug-likeness (QED) is 0.501. The molecule has 1 aliphatic heterocycles. The minimum Gasteiger partial charge on any atom is -0.323 e. The van der Waals surface area contributed by atoms with E-state index >= 15 is 0 Å². The SMILES string of the molecule is Cl.Cl.NC(c1ccc(C(=O)Nc2ccncc2)cc1)C1CCCN1S(=O)(=O)c1ccccc1F. The molecule has 182 valence electrons. The van der Waals surface area contributed by atoms with Gasteiger partial charge < -0.3 is 11.1 Å². The number of amides is 1. The first-order valence-corrected chi connectivity index (χ1v) is 11.7. The zero-order valence-corrected chi connectivity index (χ0v) is 20.5. The average Bonchev–Trinajstić information content (AvgIpc) is 3.30. The molecule has 2 aromatic carbocycles. The Hall–Kier alpha value is -2.56.